The van der Waals surface area contributed by atoms with Gasteiger partial charge in [0.05, 0.1) is 17.9 Å². The second kappa shape index (κ2) is 7.47. The lowest BCUT2D eigenvalue weighted by Crippen LogP contribution is -2.20. The van der Waals surface area contributed by atoms with E-state index in [1.54, 1.807) is 16.9 Å². The topological polar surface area (TPSA) is 101 Å². The zero-order valence-corrected chi connectivity index (χ0v) is 14.0. The molecule has 126 valence electrons. The molecule has 8 nitrogen and oxygen atoms in total. The van der Waals surface area contributed by atoms with Crippen molar-refractivity contribution >= 4 is 29.1 Å². The number of ether oxygens (including phenoxy) is 1. The Morgan fingerprint density at radius 2 is 2.21 bits per heavy atom. The van der Waals surface area contributed by atoms with E-state index < -0.39 is 0 Å². The van der Waals surface area contributed by atoms with Gasteiger partial charge in [-0.2, -0.15) is 15.3 Å². The van der Waals surface area contributed by atoms with Crippen LogP contribution < -0.4 is 10.6 Å². The van der Waals surface area contributed by atoms with E-state index in [4.69, 9.17) is 21.6 Å². The maximum atomic E-state index is 9.10. The van der Waals surface area contributed by atoms with Crippen molar-refractivity contribution in [1.82, 2.24) is 19.7 Å². The van der Waals surface area contributed by atoms with Gasteiger partial charge in [0.1, 0.15) is 17.6 Å². The number of aromatic nitrogens is 4. The zero-order chi connectivity index (χ0) is 16.9. The Labute approximate surface area is 144 Å². The summed E-state index contributed by atoms with van der Waals surface area (Å²) in [5.41, 5.74) is 0.886. The van der Waals surface area contributed by atoms with Gasteiger partial charge in [-0.25, -0.2) is 9.67 Å². The summed E-state index contributed by atoms with van der Waals surface area (Å²) in [6.45, 7) is 4.08. The predicted molar refractivity (Wildman–Crippen MR) is 90.5 cm³/mol. The summed E-state index contributed by atoms with van der Waals surface area (Å²) in [7, 11) is 0. The van der Waals surface area contributed by atoms with Crippen LogP contribution in [0.2, 0.25) is 5.15 Å². The summed E-state index contributed by atoms with van der Waals surface area (Å²) >= 11 is 6.44. The Morgan fingerprint density at radius 1 is 1.42 bits per heavy atom. The molecule has 1 fully saturated rings. The Hall–Kier alpha value is -2.37. The van der Waals surface area contributed by atoms with Crippen molar-refractivity contribution in [2.75, 3.05) is 30.4 Å². The largest absolute Gasteiger partial charge is 0.381 e. The Bertz CT molecular complexity index is 749. The first-order valence-corrected chi connectivity index (χ1v) is 8.20. The highest BCUT2D eigenvalue weighted by Crippen LogP contribution is 2.30. The number of hydrogen-bond donors (Lipinski definition) is 2. The number of hydrogen-bond acceptors (Lipinski definition) is 7. The van der Waals surface area contributed by atoms with Gasteiger partial charge >= 0.3 is 0 Å². The van der Waals surface area contributed by atoms with E-state index in [-0.39, 0.29) is 11.7 Å². The molecule has 0 aromatic carbocycles. The molecule has 1 saturated heterocycles. The summed E-state index contributed by atoms with van der Waals surface area (Å²) in [4.78, 5) is 8.48. The molecule has 0 aliphatic carbocycles. The fraction of sp³-hybridized carbons (Fsp3) is 0.467. The average Bonchev–Trinajstić information content (AvgIpc) is 2.96. The Kier molecular flexibility index (Phi) is 5.13. The number of nitrogens with one attached hydrogen (secondary N) is 2. The van der Waals surface area contributed by atoms with Crippen molar-refractivity contribution in [3.05, 3.63) is 23.1 Å². The molecule has 1 aliphatic rings. The number of anilines is 3. The van der Waals surface area contributed by atoms with Gasteiger partial charge in [0, 0.05) is 25.8 Å². The van der Waals surface area contributed by atoms with Gasteiger partial charge in [-0.1, -0.05) is 11.6 Å². The number of nitriles is 1. The molecule has 0 amide bonds. The zero-order valence-electron chi connectivity index (χ0n) is 13.3. The van der Waals surface area contributed by atoms with E-state index in [1.807, 2.05) is 13.0 Å². The van der Waals surface area contributed by atoms with Crippen LogP contribution in [0.4, 0.5) is 17.5 Å². The van der Waals surface area contributed by atoms with Crippen LogP contribution >= 0.6 is 11.6 Å². The van der Waals surface area contributed by atoms with Crippen molar-refractivity contribution in [1.29, 1.82) is 5.26 Å². The molecule has 0 spiro atoms. The van der Waals surface area contributed by atoms with Crippen molar-refractivity contribution in [3.63, 3.8) is 0 Å². The number of nitrogens with zero attached hydrogens (tertiary/aromatic N) is 5. The maximum absolute atomic E-state index is 9.10. The molecule has 0 atom stereocenters. The van der Waals surface area contributed by atoms with Crippen LogP contribution in [0.5, 0.6) is 0 Å². The molecular weight excluding hydrogens is 330 g/mol. The summed E-state index contributed by atoms with van der Waals surface area (Å²) in [5, 5.41) is 20.1. The molecule has 2 N–H and O–H groups in total. The van der Waals surface area contributed by atoms with Gasteiger partial charge in [-0.3, -0.25) is 0 Å². The molecule has 24 heavy (non-hydrogen) atoms. The number of halogens is 1. The molecule has 0 saturated carbocycles. The van der Waals surface area contributed by atoms with Gasteiger partial charge in [-0.05, 0) is 19.8 Å². The molecule has 2 aromatic rings. The molecule has 0 bridgehead atoms. The molecule has 1 aliphatic heterocycles. The van der Waals surface area contributed by atoms with E-state index in [0.717, 1.165) is 12.8 Å². The van der Waals surface area contributed by atoms with Crippen molar-refractivity contribution < 1.29 is 4.74 Å². The first-order chi connectivity index (χ1) is 11.7. The van der Waals surface area contributed by atoms with E-state index in [0.29, 0.717) is 42.4 Å². The van der Waals surface area contributed by atoms with Crippen LogP contribution in [-0.2, 0) is 4.74 Å². The van der Waals surface area contributed by atoms with Crippen molar-refractivity contribution in [2.45, 2.75) is 25.8 Å². The van der Waals surface area contributed by atoms with Gasteiger partial charge in [0.15, 0.2) is 5.15 Å². The quantitative estimate of drug-likeness (QED) is 0.857. The Balaban J connectivity index is 1.82. The molecule has 9 heteroatoms. The molecule has 3 rings (SSSR count). The predicted octanol–water partition coefficient (Wildman–Crippen LogP) is 2.73. The minimum absolute atomic E-state index is 0.227. The molecular formula is C15H18ClN7O. The van der Waals surface area contributed by atoms with E-state index in [1.165, 1.54) is 0 Å². The van der Waals surface area contributed by atoms with Crippen LogP contribution in [0.1, 0.15) is 31.5 Å². The fourth-order valence-electron chi connectivity index (χ4n) is 2.57. The lowest BCUT2D eigenvalue weighted by Gasteiger charge is -2.23. The second-order valence-corrected chi connectivity index (χ2v) is 5.72. The van der Waals surface area contributed by atoms with Gasteiger partial charge in [-0.15, -0.1) is 0 Å². The third-order valence-electron chi connectivity index (χ3n) is 3.72. The third-order valence-corrected chi connectivity index (χ3v) is 4.09. The smallest absolute Gasteiger partial charge is 0.230 e. The monoisotopic (exact) mass is 347 g/mol. The molecule has 0 radical (unpaired) electrons. The maximum Gasteiger partial charge on any atom is 0.230 e. The van der Waals surface area contributed by atoms with E-state index >= 15 is 0 Å². The minimum Gasteiger partial charge on any atom is -0.381 e. The summed E-state index contributed by atoms with van der Waals surface area (Å²) in [6, 6.07) is 3.85. The lowest BCUT2D eigenvalue weighted by atomic mass is 10.1. The highest BCUT2D eigenvalue weighted by atomic mass is 35.5. The normalized spacial score (nSPS) is 15.0. The van der Waals surface area contributed by atoms with Crippen molar-refractivity contribution in [2.24, 2.45) is 0 Å². The van der Waals surface area contributed by atoms with Crippen LogP contribution in [0.25, 0.3) is 0 Å². The molecule has 3 heterocycles. The van der Waals surface area contributed by atoms with Gasteiger partial charge < -0.3 is 15.4 Å². The average molecular weight is 348 g/mol. The van der Waals surface area contributed by atoms with Gasteiger partial charge in [0.25, 0.3) is 0 Å². The lowest BCUT2D eigenvalue weighted by molar-refractivity contribution is 0.0663. The summed E-state index contributed by atoms with van der Waals surface area (Å²) < 4.78 is 7.17. The standard InChI is InChI=1S/C15H18ClN7O/c1-2-18-13-7-10(8-17)20-15(22-13)21-12-9-19-23(14(12)16)11-3-5-24-6-4-11/h7,9,11H,2-6H2,1H3,(H2,18,20,21,22). The van der Waals surface area contributed by atoms with Crippen LogP contribution in [0.3, 0.4) is 0 Å². The van der Waals surface area contributed by atoms with E-state index in [9.17, 15) is 0 Å². The van der Waals surface area contributed by atoms with Crippen LogP contribution in [0.15, 0.2) is 12.3 Å². The summed E-state index contributed by atoms with van der Waals surface area (Å²) in [5.74, 6) is 0.887. The minimum atomic E-state index is 0.227. The molecule has 0 unspecified atom stereocenters. The highest BCUT2D eigenvalue weighted by molar-refractivity contribution is 6.32. The first kappa shape index (κ1) is 16.5. The molecule has 2 aromatic heterocycles. The van der Waals surface area contributed by atoms with Crippen molar-refractivity contribution in [3.8, 4) is 6.07 Å². The first-order valence-electron chi connectivity index (χ1n) is 7.82. The Morgan fingerprint density at radius 3 is 2.92 bits per heavy atom. The SMILES string of the molecule is CCNc1cc(C#N)nc(Nc2cnn(C3CCOCC3)c2Cl)n1. The number of rotatable bonds is 5. The van der Waals surface area contributed by atoms with Crippen LogP contribution in [0, 0.1) is 11.3 Å². The highest BCUT2D eigenvalue weighted by Gasteiger charge is 2.21. The summed E-state index contributed by atoms with van der Waals surface area (Å²) in [6.07, 6.45) is 3.41. The second-order valence-electron chi connectivity index (χ2n) is 5.37. The van der Waals surface area contributed by atoms with Gasteiger partial charge in [0.2, 0.25) is 5.95 Å². The van der Waals surface area contributed by atoms with Crippen LogP contribution in [-0.4, -0.2) is 39.5 Å². The third kappa shape index (κ3) is 3.58. The van der Waals surface area contributed by atoms with E-state index in [2.05, 4.69) is 25.7 Å². The fourth-order valence-corrected chi connectivity index (χ4v) is 2.85.